The van der Waals surface area contributed by atoms with Gasteiger partial charge >= 0.3 is 17.9 Å². The summed E-state index contributed by atoms with van der Waals surface area (Å²) in [6.45, 7) is 16.9. The minimum absolute atomic E-state index is 0.0210. The van der Waals surface area contributed by atoms with Crippen molar-refractivity contribution >= 4 is 17.9 Å². The molecule has 32 heavy (non-hydrogen) atoms. The third-order valence-electron chi connectivity index (χ3n) is 3.33. The fourth-order valence-corrected chi connectivity index (χ4v) is 2.32. The lowest BCUT2D eigenvalue weighted by Crippen LogP contribution is -2.42. The van der Waals surface area contributed by atoms with Crippen molar-refractivity contribution in [3.05, 3.63) is 0 Å². The van der Waals surface area contributed by atoms with Gasteiger partial charge < -0.3 is 23.7 Å². The van der Waals surface area contributed by atoms with Crippen LogP contribution in [0.5, 0.6) is 0 Å². The maximum Gasteiger partial charge on any atom is 0.320 e. The predicted octanol–water partition coefficient (Wildman–Crippen LogP) is 2.78. The first-order valence-electron chi connectivity index (χ1n) is 11.0. The molecule has 0 rings (SSSR count). The first kappa shape index (κ1) is 30.3. The topological polar surface area (TPSA) is 109 Å². The number of ether oxygens (including phenoxy) is 5. The normalized spacial score (nSPS) is 12.6. The van der Waals surface area contributed by atoms with Gasteiger partial charge in [0, 0.05) is 0 Å². The molecule has 0 spiro atoms. The molecule has 0 aliphatic carbocycles. The van der Waals surface area contributed by atoms with E-state index in [0.717, 1.165) is 0 Å². The lowest BCUT2D eigenvalue weighted by atomic mass is 10.2. The maximum absolute atomic E-state index is 12.0. The average Bonchev–Trinajstić information content (AvgIpc) is 2.54. The Hall–Kier alpha value is -1.71. The van der Waals surface area contributed by atoms with Gasteiger partial charge in [-0.05, 0) is 62.3 Å². The van der Waals surface area contributed by atoms with Gasteiger partial charge in [-0.3, -0.25) is 19.7 Å². The van der Waals surface area contributed by atoms with Crippen LogP contribution in [-0.2, 0) is 38.1 Å². The first-order valence-corrected chi connectivity index (χ1v) is 11.0. The summed E-state index contributed by atoms with van der Waals surface area (Å²) in [5, 5.41) is 3.04. The second-order valence-corrected chi connectivity index (χ2v) is 10.5. The van der Waals surface area contributed by atoms with Crippen molar-refractivity contribution < 1.29 is 38.1 Å². The van der Waals surface area contributed by atoms with Gasteiger partial charge in [-0.2, -0.15) is 0 Å². The van der Waals surface area contributed by atoms with E-state index in [0.29, 0.717) is 0 Å². The molecule has 188 valence electrons. The second-order valence-electron chi connectivity index (χ2n) is 10.5. The highest BCUT2D eigenvalue weighted by Crippen LogP contribution is 2.09. The van der Waals surface area contributed by atoms with E-state index in [1.165, 1.54) is 0 Å². The van der Waals surface area contributed by atoms with Gasteiger partial charge in [0.2, 0.25) is 0 Å². The van der Waals surface area contributed by atoms with Gasteiger partial charge in [-0.1, -0.05) is 0 Å². The third-order valence-corrected chi connectivity index (χ3v) is 3.33. The number of carbonyl (C=O) groups excluding carboxylic acids is 3. The SMILES string of the molecule is CC(C)(C)OC(=O)CCOCC(COCCC(=O)OC(C)(C)C)NCC(=O)OC(C)(C)C. The van der Waals surface area contributed by atoms with Crippen LogP contribution in [0, 0.1) is 0 Å². The Labute approximate surface area is 192 Å². The predicted molar refractivity (Wildman–Crippen MR) is 120 cm³/mol. The Morgan fingerprint density at radius 1 is 0.625 bits per heavy atom. The molecule has 0 fully saturated rings. The molecule has 0 aliphatic rings. The quantitative estimate of drug-likeness (QED) is 0.251. The van der Waals surface area contributed by atoms with Crippen LogP contribution in [0.3, 0.4) is 0 Å². The molecular formula is C23H43NO8. The number of nitrogens with one attached hydrogen (secondary N) is 1. The molecule has 0 unspecified atom stereocenters. The van der Waals surface area contributed by atoms with Crippen LogP contribution in [0.4, 0.5) is 0 Å². The molecule has 0 radical (unpaired) electrons. The summed E-state index contributed by atoms with van der Waals surface area (Å²) in [7, 11) is 0. The van der Waals surface area contributed by atoms with Gasteiger partial charge in [0.1, 0.15) is 16.8 Å². The van der Waals surface area contributed by atoms with Crippen LogP contribution < -0.4 is 5.32 Å². The second kappa shape index (κ2) is 13.7. The summed E-state index contributed by atoms with van der Waals surface area (Å²) in [4.78, 5) is 35.5. The summed E-state index contributed by atoms with van der Waals surface area (Å²) < 4.78 is 26.9. The van der Waals surface area contributed by atoms with Crippen LogP contribution in [0.2, 0.25) is 0 Å². The van der Waals surface area contributed by atoms with E-state index in [-0.39, 0.29) is 63.8 Å². The molecular weight excluding hydrogens is 418 g/mol. The van der Waals surface area contributed by atoms with Crippen LogP contribution in [0.15, 0.2) is 0 Å². The summed E-state index contributed by atoms with van der Waals surface area (Å²) in [6.07, 6.45) is 0.241. The third kappa shape index (κ3) is 20.2. The van der Waals surface area contributed by atoms with E-state index >= 15 is 0 Å². The molecule has 0 amide bonds. The van der Waals surface area contributed by atoms with E-state index in [4.69, 9.17) is 23.7 Å². The van der Waals surface area contributed by atoms with Gasteiger partial charge in [0.15, 0.2) is 0 Å². The van der Waals surface area contributed by atoms with Crippen molar-refractivity contribution in [3.8, 4) is 0 Å². The van der Waals surface area contributed by atoms with Crippen molar-refractivity contribution in [2.75, 3.05) is 33.0 Å². The standard InChI is InChI=1S/C23H43NO8/c1-21(2,3)30-18(25)10-12-28-15-17(24-14-20(27)32-23(7,8)9)16-29-13-11-19(26)31-22(4,5)6/h17,24H,10-16H2,1-9H3. The van der Waals surface area contributed by atoms with Crippen molar-refractivity contribution in [2.45, 2.75) is 98.0 Å². The molecule has 0 saturated heterocycles. The maximum atomic E-state index is 12.0. The van der Waals surface area contributed by atoms with Crippen molar-refractivity contribution in [1.82, 2.24) is 5.32 Å². The van der Waals surface area contributed by atoms with Gasteiger partial charge in [0.25, 0.3) is 0 Å². The fourth-order valence-electron chi connectivity index (χ4n) is 2.32. The molecule has 0 aromatic heterocycles. The summed E-state index contributed by atoms with van der Waals surface area (Å²) >= 11 is 0. The summed E-state index contributed by atoms with van der Waals surface area (Å²) in [5.41, 5.74) is -1.67. The fraction of sp³-hybridized carbons (Fsp3) is 0.870. The number of rotatable bonds is 13. The zero-order valence-corrected chi connectivity index (χ0v) is 21.3. The zero-order valence-electron chi connectivity index (χ0n) is 21.3. The Bertz CT molecular complexity index is 548. The number of hydrogen-bond donors (Lipinski definition) is 1. The highest BCUT2D eigenvalue weighted by atomic mass is 16.6. The smallest absolute Gasteiger partial charge is 0.320 e. The molecule has 9 nitrogen and oxygen atoms in total. The molecule has 0 aromatic carbocycles. The van der Waals surface area contributed by atoms with Crippen LogP contribution in [0.1, 0.15) is 75.2 Å². The highest BCUT2D eigenvalue weighted by molar-refractivity contribution is 5.72. The molecule has 0 heterocycles. The van der Waals surface area contributed by atoms with Crippen molar-refractivity contribution in [3.63, 3.8) is 0 Å². The van der Waals surface area contributed by atoms with E-state index in [1.807, 2.05) is 0 Å². The van der Waals surface area contributed by atoms with Crippen molar-refractivity contribution in [1.29, 1.82) is 0 Å². The summed E-state index contributed by atoms with van der Waals surface area (Å²) in [5.74, 6) is -1.08. The van der Waals surface area contributed by atoms with E-state index in [2.05, 4.69) is 5.32 Å². The average molecular weight is 462 g/mol. The lowest BCUT2D eigenvalue weighted by Gasteiger charge is -2.23. The van der Waals surface area contributed by atoms with Crippen molar-refractivity contribution in [2.24, 2.45) is 0 Å². The number of hydrogen-bond acceptors (Lipinski definition) is 9. The molecule has 0 saturated carbocycles. The molecule has 0 aliphatic heterocycles. The monoisotopic (exact) mass is 461 g/mol. The Morgan fingerprint density at radius 3 is 1.31 bits per heavy atom. The zero-order chi connectivity index (χ0) is 25.0. The number of esters is 3. The van der Waals surface area contributed by atoms with Gasteiger partial charge in [-0.25, -0.2) is 0 Å². The minimum atomic E-state index is -0.581. The van der Waals surface area contributed by atoms with Crippen LogP contribution in [0.25, 0.3) is 0 Å². The van der Waals surface area contributed by atoms with E-state index in [1.54, 1.807) is 62.3 Å². The summed E-state index contributed by atoms with van der Waals surface area (Å²) in [6, 6.07) is -0.334. The Kier molecular flexibility index (Phi) is 13.0. The van der Waals surface area contributed by atoms with Crippen LogP contribution >= 0.6 is 0 Å². The highest BCUT2D eigenvalue weighted by Gasteiger charge is 2.20. The minimum Gasteiger partial charge on any atom is -0.460 e. The van der Waals surface area contributed by atoms with Crippen LogP contribution in [-0.4, -0.2) is 73.7 Å². The largest absolute Gasteiger partial charge is 0.460 e. The van der Waals surface area contributed by atoms with E-state index in [9.17, 15) is 14.4 Å². The lowest BCUT2D eigenvalue weighted by molar-refractivity contribution is -0.157. The van der Waals surface area contributed by atoms with Gasteiger partial charge in [-0.15, -0.1) is 0 Å². The Morgan fingerprint density at radius 2 is 0.969 bits per heavy atom. The van der Waals surface area contributed by atoms with E-state index < -0.39 is 22.8 Å². The molecule has 0 atom stereocenters. The Balaban J connectivity index is 4.49. The molecule has 9 heteroatoms. The molecule has 0 bridgehead atoms. The molecule has 0 aromatic rings. The molecule has 1 N–H and O–H groups in total. The first-order chi connectivity index (χ1) is 14.5. The number of carbonyl (C=O) groups is 3. The van der Waals surface area contributed by atoms with Gasteiger partial charge in [0.05, 0.1) is 51.9 Å².